The van der Waals surface area contributed by atoms with Crippen molar-refractivity contribution in [1.82, 2.24) is 0 Å². The summed E-state index contributed by atoms with van der Waals surface area (Å²) in [4.78, 5) is 0. The van der Waals surface area contributed by atoms with Gasteiger partial charge in [-0.3, -0.25) is 8.42 Å². The fourth-order valence-corrected chi connectivity index (χ4v) is 7.32. The molecule has 0 heterocycles. The number of nitrogens with two attached hydrogens (primary N) is 2. The minimum Gasteiger partial charge on any atom is -0.772 e. The Kier molecular flexibility index (Phi) is 30.6. The van der Waals surface area contributed by atoms with E-state index in [0.29, 0.717) is 12.8 Å². The fraction of sp³-hybridized carbons (Fsp3) is 1.00. The van der Waals surface area contributed by atoms with E-state index in [2.05, 4.69) is 0 Å². The van der Waals surface area contributed by atoms with Crippen LogP contribution in [0.15, 0.2) is 0 Å². The van der Waals surface area contributed by atoms with Gasteiger partial charge in [0.05, 0.1) is 0 Å². The van der Waals surface area contributed by atoms with Crippen molar-refractivity contribution in [2.24, 2.45) is 11.5 Å². The molecular formula is C10H22N2Na2O4S6. The van der Waals surface area contributed by atoms with Gasteiger partial charge in [-0.25, -0.2) is 0 Å². The normalized spacial score (nSPS) is 15.7. The van der Waals surface area contributed by atoms with E-state index in [9.17, 15) is 17.5 Å². The van der Waals surface area contributed by atoms with Crippen LogP contribution in [0.3, 0.4) is 0 Å². The first-order valence-corrected chi connectivity index (χ1v) is 14.0. The molecule has 0 aromatic carbocycles. The molecule has 0 rings (SSSR count). The van der Waals surface area contributed by atoms with E-state index in [4.69, 9.17) is 11.5 Å². The van der Waals surface area contributed by atoms with Crippen LogP contribution in [0.4, 0.5) is 0 Å². The maximum Gasteiger partial charge on any atom is 1.00 e. The first kappa shape index (κ1) is 32.2. The van der Waals surface area contributed by atoms with Gasteiger partial charge < -0.3 is 20.6 Å². The molecule has 4 N–H and O–H groups in total. The van der Waals surface area contributed by atoms with Crippen LogP contribution in [0.2, 0.25) is 0 Å². The zero-order chi connectivity index (χ0) is 16.8. The van der Waals surface area contributed by atoms with Gasteiger partial charge in [-0.05, 0) is 12.8 Å². The summed E-state index contributed by atoms with van der Waals surface area (Å²) < 4.78 is 41.6. The van der Waals surface area contributed by atoms with Gasteiger partial charge in [-0.1, -0.05) is 65.3 Å². The smallest absolute Gasteiger partial charge is 0.772 e. The van der Waals surface area contributed by atoms with Crippen molar-refractivity contribution in [3.63, 3.8) is 0 Å². The van der Waals surface area contributed by atoms with Crippen LogP contribution in [0.25, 0.3) is 0 Å². The van der Waals surface area contributed by atoms with Crippen molar-refractivity contribution < 1.29 is 76.6 Å². The largest absolute Gasteiger partial charge is 1.00 e. The van der Waals surface area contributed by atoms with Crippen LogP contribution in [0.5, 0.6) is 0 Å². The molecular weight excluding hydrogens is 451 g/mol. The van der Waals surface area contributed by atoms with Crippen LogP contribution in [0.1, 0.15) is 12.8 Å². The second-order valence-corrected chi connectivity index (χ2v) is 11.6. The third kappa shape index (κ3) is 25.5. The fourth-order valence-electron chi connectivity index (χ4n) is 1.12. The predicted octanol–water partition coefficient (Wildman–Crippen LogP) is -5.05. The molecule has 0 saturated heterocycles. The average Bonchev–Trinajstić information content (AvgIpc) is 2.45. The van der Waals surface area contributed by atoms with Gasteiger partial charge >= 0.3 is 59.1 Å². The molecule has 0 fully saturated rings. The van der Waals surface area contributed by atoms with Crippen molar-refractivity contribution in [2.75, 3.05) is 34.5 Å². The summed E-state index contributed by atoms with van der Waals surface area (Å²) in [6.07, 6.45) is 1.00. The molecule has 14 heteroatoms. The SMILES string of the molecule is N[C@H](CCS(=O)[O-])CSSCCSSC[C@H](N)CCS(=O)[O-].[Na+].[Na+]. The molecule has 2 unspecified atom stereocenters. The van der Waals surface area contributed by atoms with E-state index in [1.165, 1.54) is 0 Å². The van der Waals surface area contributed by atoms with Gasteiger partial charge in [0.15, 0.2) is 0 Å². The quantitative estimate of drug-likeness (QED) is 0.103. The predicted molar refractivity (Wildman–Crippen MR) is 103 cm³/mol. The van der Waals surface area contributed by atoms with Gasteiger partial charge in [-0.2, -0.15) is 0 Å². The number of hydrogen-bond donors (Lipinski definition) is 2. The van der Waals surface area contributed by atoms with Gasteiger partial charge in [0.2, 0.25) is 0 Å². The minimum atomic E-state index is -2.00. The summed E-state index contributed by atoms with van der Waals surface area (Å²) in [5.74, 6) is 3.69. The molecule has 0 aliphatic rings. The molecule has 134 valence electrons. The Hall–Kier alpha value is 3.54. The van der Waals surface area contributed by atoms with Crippen LogP contribution in [-0.4, -0.2) is 64.1 Å². The van der Waals surface area contributed by atoms with E-state index in [-0.39, 0.29) is 82.7 Å². The average molecular weight is 473 g/mol. The molecule has 6 nitrogen and oxygen atoms in total. The van der Waals surface area contributed by atoms with E-state index < -0.39 is 22.2 Å². The molecule has 0 radical (unpaired) electrons. The van der Waals surface area contributed by atoms with Gasteiger partial charge in [0, 0.05) is 46.6 Å². The Morgan fingerprint density at radius 1 is 0.750 bits per heavy atom. The van der Waals surface area contributed by atoms with Crippen molar-refractivity contribution in [3.05, 3.63) is 0 Å². The van der Waals surface area contributed by atoms with E-state index in [1.807, 2.05) is 0 Å². The molecule has 0 amide bonds. The maximum absolute atomic E-state index is 10.4. The first-order valence-electron chi connectivity index (χ1n) is 6.53. The Morgan fingerprint density at radius 2 is 1.08 bits per heavy atom. The van der Waals surface area contributed by atoms with Gasteiger partial charge in [0.1, 0.15) is 0 Å². The second-order valence-electron chi connectivity index (χ2n) is 4.33. The Bertz CT molecular complexity index is 306. The van der Waals surface area contributed by atoms with Crippen molar-refractivity contribution >= 4 is 65.3 Å². The van der Waals surface area contributed by atoms with E-state index in [0.717, 1.165) is 23.0 Å². The number of hydrogen-bond acceptors (Lipinski definition) is 10. The van der Waals surface area contributed by atoms with E-state index >= 15 is 0 Å². The van der Waals surface area contributed by atoms with Crippen molar-refractivity contribution in [2.45, 2.75) is 24.9 Å². The molecule has 0 aliphatic heterocycles. The molecule has 24 heavy (non-hydrogen) atoms. The molecule has 0 aromatic heterocycles. The van der Waals surface area contributed by atoms with Crippen molar-refractivity contribution in [3.8, 4) is 0 Å². The molecule has 0 aliphatic carbocycles. The zero-order valence-electron chi connectivity index (χ0n) is 14.0. The summed E-state index contributed by atoms with van der Waals surface area (Å²) in [6, 6.07) is -0.163. The van der Waals surface area contributed by atoms with E-state index in [1.54, 1.807) is 43.2 Å². The summed E-state index contributed by atoms with van der Waals surface area (Å²) in [5.41, 5.74) is 11.6. The van der Waals surface area contributed by atoms with Crippen LogP contribution >= 0.6 is 43.2 Å². The minimum absolute atomic E-state index is 0. The van der Waals surface area contributed by atoms with Crippen LogP contribution < -0.4 is 70.6 Å². The molecule has 0 saturated carbocycles. The Labute approximate surface area is 210 Å². The summed E-state index contributed by atoms with van der Waals surface area (Å²) in [5, 5.41) is 0. The molecule has 4 atom stereocenters. The summed E-state index contributed by atoms with van der Waals surface area (Å²) in [6.45, 7) is 0. The second kappa shape index (κ2) is 22.8. The van der Waals surface area contributed by atoms with Crippen LogP contribution in [0, 0.1) is 0 Å². The standard InChI is InChI=1S/C10H24N2O4S6.2Na/c11-9(1-5-21(13)14)7-19-17-3-4-18-20-8-10(12)2-6-22(15)16;;/h9-10H,1-8,11-12H2,(H,13,14)(H,15,16);;/q;2*+1/p-2/t9-,10-;;/m1../s1. The maximum atomic E-state index is 10.4. The molecule has 0 spiro atoms. The van der Waals surface area contributed by atoms with Crippen molar-refractivity contribution in [1.29, 1.82) is 0 Å². The topological polar surface area (TPSA) is 132 Å². The number of rotatable bonds is 15. The first-order chi connectivity index (χ1) is 10.4. The molecule has 0 bridgehead atoms. The third-order valence-electron chi connectivity index (χ3n) is 2.29. The third-order valence-corrected chi connectivity index (χ3v) is 8.71. The Morgan fingerprint density at radius 3 is 1.38 bits per heavy atom. The molecule has 0 aromatic rings. The zero-order valence-corrected chi connectivity index (χ0v) is 22.9. The Balaban J connectivity index is -0.00000220. The summed E-state index contributed by atoms with van der Waals surface area (Å²) in [7, 11) is 6.78. The summed E-state index contributed by atoms with van der Waals surface area (Å²) >= 11 is -4.01. The van der Waals surface area contributed by atoms with Gasteiger partial charge in [-0.15, -0.1) is 0 Å². The van der Waals surface area contributed by atoms with Gasteiger partial charge in [0.25, 0.3) is 0 Å². The monoisotopic (exact) mass is 472 g/mol. The van der Waals surface area contributed by atoms with Crippen LogP contribution in [-0.2, 0) is 22.2 Å².